The molecular formula is C19H20IN5O2. The molecule has 1 amide bonds. The quantitative estimate of drug-likeness (QED) is 0.447. The van der Waals surface area contributed by atoms with Gasteiger partial charge < -0.3 is 10.0 Å². The van der Waals surface area contributed by atoms with Crippen LogP contribution in [0.25, 0.3) is 16.7 Å². The van der Waals surface area contributed by atoms with Crippen LogP contribution in [-0.2, 0) is 0 Å². The van der Waals surface area contributed by atoms with E-state index in [-0.39, 0.29) is 0 Å². The second kappa shape index (κ2) is 7.06. The van der Waals surface area contributed by atoms with Gasteiger partial charge in [-0.2, -0.15) is 5.10 Å². The minimum atomic E-state index is -0.826. The van der Waals surface area contributed by atoms with E-state index in [1.54, 1.807) is 0 Å². The molecule has 1 N–H and O–H groups in total. The van der Waals surface area contributed by atoms with E-state index in [1.165, 1.54) is 16.0 Å². The zero-order valence-electron chi connectivity index (χ0n) is 15.2. The first-order valence-electron chi connectivity index (χ1n) is 8.90. The van der Waals surface area contributed by atoms with Crippen LogP contribution in [0.4, 0.5) is 4.79 Å². The van der Waals surface area contributed by atoms with E-state index in [0.29, 0.717) is 24.8 Å². The highest BCUT2D eigenvalue weighted by atomic mass is 127. The van der Waals surface area contributed by atoms with Crippen LogP contribution < -0.4 is 0 Å². The van der Waals surface area contributed by atoms with Gasteiger partial charge in [0.2, 0.25) is 0 Å². The number of hydrogen-bond acceptors (Lipinski definition) is 4. The fraction of sp³-hybridized carbons (Fsp3) is 0.368. The molecule has 3 aromatic rings. The van der Waals surface area contributed by atoms with E-state index in [4.69, 9.17) is 0 Å². The fourth-order valence-corrected chi connectivity index (χ4v) is 4.46. The summed E-state index contributed by atoms with van der Waals surface area (Å²) in [5.41, 5.74) is 3.52. The Balaban J connectivity index is 1.73. The largest absolute Gasteiger partial charge is 0.465 e. The summed E-state index contributed by atoms with van der Waals surface area (Å²) in [6.45, 7) is 5.16. The average Bonchev–Trinajstić information content (AvgIpc) is 3.03. The second-order valence-corrected chi connectivity index (χ2v) is 8.07. The van der Waals surface area contributed by atoms with Crippen LogP contribution >= 0.6 is 22.6 Å². The highest BCUT2D eigenvalue weighted by Crippen LogP contribution is 2.33. The molecule has 140 valence electrons. The summed E-state index contributed by atoms with van der Waals surface area (Å²) in [4.78, 5) is 21.5. The molecule has 4 rings (SSSR count). The highest BCUT2D eigenvalue weighted by Gasteiger charge is 2.25. The Hall–Kier alpha value is -2.23. The highest BCUT2D eigenvalue weighted by molar-refractivity contribution is 14.1. The third-order valence-corrected chi connectivity index (χ3v) is 5.72. The van der Waals surface area contributed by atoms with Gasteiger partial charge in [-0.15, -0.1) is 0 Å². The minimum absolute atomic E-state index is 0.362. The molecule has 1 fully saturated rings. The summed E-state index contributed by atoms with van der Waals surface area (Å²) in [5.74, 6) is 1.84. The Bertz CT molecular complexity index is 1000. The Kier molecular flexibility index (Phi) is 4.75. The third-order valence-electron chi connectivity index (χ3n) is 5.17. The van der Waals surface area contributed by atoms with Gasteiger partial charge in [0, 0.05) is 24.5 Å². The lowest BCUT2D eigenvalue weighted by Gasteiger charge is -2.31. The van der Waals surface area contributed by atoms with Crippen molar-refractivity contribution in [1.29, 1.82) is 0 Å². The van der Waals surface area contributed by atoms with Crippen molar-refractivity contribution in [3.05, 3.63) is 45.0 Å². The molecule has 0 aliphatic carbocycles. The number of nitrogens with zero attached hydrogens (tertiary/aromatic N) is 5. The van der Waals surface area contributed by atoms with Gasteiger partial charge in [-0.1, -0.05) is 0 Å². The van der Waals surface area contributed by atoms with Crippen LogP contribution in [0.5, 0.6) is 0 Å². The maximum Gasteiger partial charge on any atom is 0.407 e. The molecule has 8 heteroatoms. The Morgan fingerprint density at radius 1 is 1.19 bits per heavy atom. The number of halogens is 1. The summed E-state index contributed by atoms with van der Waals surface area (Å²) in [5, 5.41) is 14.8. The number of hydrogen-bond donors (Lipinski definition) is 1. The Morgan fingerprint density at radius 3 is 2.59 bits per heavy atom. The molecular weight excluding hydrogens is 457 g/mol. The van der Waals surface area contributed by atoms with Crippen LogP contribution in [-0.4, -0.2) is 48.9 Å². The van der Waals surface area contributed by atoms with Gasteiger partial charge in [-0.3, -0.25) is 0 Å². The molecule has 1 aromatic carbocycles. The summed E-state index contributed by atoms with van der Waals surface area (Å²) in [6.07, 6.45) is 2.73. The van der Waals surface area contributed by atoms with E-state index in [9.17, 15) is 9.90 Å². The van der Waals surface area contributed by atoms with Crippen LogP contribution in [0, 0.1) is 17.5 Å². The minimum Gasteiger partial charge on any atom is -0.465 e. The van der Waals surface area contributed by atoms with E-state index in [0.717, 1.165) is 33.3 Å². The summed E-state index contributed by atoms with van der Waals surface area (Å²) in [7, 11) is 0. The number of carboxylic acid groups (broad SMARTS) is 1. The first kappa shape index (κ1) is 18.1. The first-order chi connectivity index (χ1) is 12.9. The second-order valence-electron chi connectivity index (χ2n) is 6.96. The number of benzene rings is 1. The van der Waals surface area contributed by atoms with Gasteiger partial charge >= 0.3 is 6.09 Å². The zero-order valence-corrected chi connectivity index (χ0v) is 17.3. The van der Waals surface area contributed by atoms with Crippen molar-refractivity contribution in [3.63, 3.8) is 0 Å². The molecule has 27 heavy (non-hydrogen) atoms. The number of aryl methyl sites for hydroxylation is 2. The predicted molar refractivity (Wildman–Crippen MR) is 110 cm³/mol. The van der Waals surface area contributed by atoms with Gasteiger partial charge in [0.25, 0.3) is 0 Å². The van der Waals surface area contributed by atoms with Crippen molar-refractivity contribution in [2.24, 2.45) is 0 Å². The number of rotatable bonds is 2. The Labute approximate surface area is 170 Å². The number of piperidine rings is 1. The lowest BCUT2D eigenvalue weighted by atomic mass is 9.86. The molecule has 0 saturated carbocycles. The number of aromatic nitrogens is 4. The molecule has 0 spiro atoms. The molecule has 3 heterocycles. The van der Waals surface area contributed by atoms with Crippen molar-refractivity contribution in [3.8, 4) is 5.82 Å². The topological polar surface area (TPSA) is 84.1 Å². The maximum absolute atomic E-state index is 11.2. The molecule has 0 radical (unpaired) electrons. The SMILES string of the molecule is Cc1nc(I)cc(-n2ncc3cc(C)c(C4CCN(C(=O)O)CC4)cc32)n1. The van der Waals surface area contributed by atoms with Gasteiger partial charge in [0.05, 0.1) is 11.7 Å². The van der Waals surface area contributed by atoms with Crippen molar-refractivity contribution in [1.82, 2.24) is 24.6 Å². The lowest BCUT2D eigenvalue weighted by molar-refractivity contribution is 0.132. The number of fused-ring (bicyclic) bond motifs is 1. The molecule has 1 saturated heterocycles. The first-order valence-corrected chi connectivity index (χ1v) is 9.98. The molecule has 0 unspecified atom stereocenters. The van der Waals surface area contributed by atoms with E-state index < -0.39 is 6.09 Å². The third kappa shape index (κ3) is 3.50. The predicted octanol–water partition coefficient (Wildman–Crippen LogP) is 3.89. The standard InChI is InChI=1S/C19H20IN5O2/c1-11-7-14-10-21-25(18-9-17(20)22-12(2)23-18)16(14)8-15(11)13-3-5-24(6-4-13)19(26)27/h7-10,13H,3-6H2,1-2H3,(H,26,27). The van der Waals surface area contributed by atoms with Gasteiger partial charge in [0.15, 0.2) is 5.82 Å². The van der Waals surface area contributed by atoms with Crippen molar-refractivity contribution in [2.45, 2.75) is 32.6 Å². The number of carbonyl (C=O) groups is 1. The normalized spacial score (nSPS) is 15.4. The maximum atomic E-state index is 11.2. The van der Waals surface area contributed by atoms with Crippen LogP contribution in [0.2, 0.25) is 0 Å². The van der Waals surface area contributed by atoms with Crippen LogP contribution in [0.15, 0.2) is 24.4 Å². The van der Waals surface area contributed by atoms with Crippen molar-refractivity contribution in [2.75, 3.05) is 13.1 Å². The molecule has 2 aromatic heterocycles. The van der Waals surface area contributed by atoms with Crippen LogP contribution in [0.1, 0.15) is 35.7 Å². The molecule has 1 aliphatic rings. The lowest BCUT2D eigenvalue weighted by Crippen LogP contribution is -2.36. The van der Waals surface area contributed by atoms with Gasteiger partial charge in [-0.25, -0.2) is 19.4 Å². The van der Waals surface area contributed by atoms with Crippen molar-refractivity contribution < 1.29 is 9.90 Å². The molecule has 0 atom stereocenters. The zero-order chi connectivity index (χ0) is 19.1. The number of amides is 1. The average molecular weight is 477 g/mol. The monoisotopic (exact) mass is 477 g/mol. The molecule has 0 bridgehead atoms. The van der Waals surface area contributed by atoms with Gasteiger partial charge in [0.1, 0.15) is 9.53 Å². The van der Waals surface area contributed by atoms with E-state index >= 15 is 0 Å². The number of likely N-dealkylation sites (tertiary alicyclic amines) is 1. The fourth-order valence-electron chi connectivity index (χ4n) is 3.83. The smallest absolute Gasteiger partial charge is 0.407 e. The molecule has 7 nitrogen and oxygen atoms in total. The van der Waals surface area contributed by atoms with E-state index in [1.807, 2.05) is 23.9 Å². The Morgan fingerprint density at radius 2 is 1.93 bits per heavy atom. The molecule has 1 aliphatic heterocycles. The van der Waals surface area contributed by atoms with Gasteiger partial charge in [-0.05, 0) is 78.5 Å². The van der Waals surface area contributed by atoms with Crippen LogP contribution in [0.3, 0.4) is 0 Å². The summed E-state index contributed by atoms with van der Waals surface area (Å²) >= 11 is 2.19. The van der Waals surface area contributed by atoms with E-state index in [2.05, 4.69) is 56.7 Å². The summed E-state index contributed by atoms with van der Waals surface area (Å²) < 4.78 is 2.74. The summed E-state index contributed by atoms with van der Waals surface area (Å²) in [6, 6.07) is 6.28. The van der Waals surface area contributed by atoms with Crippen molar-refractivity contribution >= 4 is 39.6 Å².